The number of rotatable bonds is 32. The van der Waals surface area contributed by atoms with Gasteiger partial charge in [0, 0.05) is 6.92 Å². The second-order valence-corrected chi connectivity index (χ2v) is 15.1. The molecule has 0 radical (unpaired) electrons. The van der Waals surface area contributed by atoms with Crippen molar-refractivity contribution in [3.8, 4) is 0 Å². The van der Waals surface area contributed by atoms with Gasteiger partial charge in [0.25, 0.3) is 0 Å². The largest absolute Gasteiger partial charge is 0.472 e. The van der Waals surface area contributed by atoms with E-state index in [-0.39, 0.29) is 19.1 Å². The minimum atomic E-state index is -4.30. The summed E-state index contributed by atoms with van der Waals surface area (Å²) in [4.78, 5) is 21.5. The third-order valence-electron chi connectivity index (χ3n) is 7.88. The molecule has 9 heteroatoms. The normalized spacial score (nSPS) is 15.2. The van der Waals surface area contributed by atoms with Gasteiger partial charge >= 0.3 is 7.82 Å². The van der Waals surface area contributed by atoms with Crippen molar-refractivity contribution < 1.29 is 32.9 Å². The zero-order valence-electron chi connectivity index (χ0n) is 30.3. The van der Waals surface area contributed by atoms with E-state index in [2.05, 4.69) is 36.5 Å². The predicted molar refractivity (Wildman–Crippen MR) is 194 cm³/mol. The third-order valence-corrected chi connectivity index (χ3v) is 8.86. The molecule has 0 spiro atoms. The van der Waals surface area contributed by atoms with Crippen molar-refractivity contribution in [3.63, 3.8) is 0 Å². The Morgan fingerprint density at radius 2 is 1.15 bits per heavy atom. The summed E-state index contributed by atoms with van der Waals surface area (Å²) in [7, 11) is 1.53. The van der Waals surface area contributed by atoms with Crippen LogP contribution in [-0.2, 0) is 18.4 Å². The Morgan fingerprint density at radius 3 is 1.61 bits per heavy atom. The van der Waals surface area contributed by atoms with Crippen molar-refractivity contribution in [1.82, 2.24) is 5.32 Å². The zero-order chi connectivity index (χ0) is 34.4. The Hall–Kier alpha value is -1.28. The molecule has 0 fully saturated rings. The fraction of sp³-hybridized carbons (Fsp3) is 0.811. The van der Waals surface area contributed by atoms with Gasteiger partial charge in [-0.1, -0.05) is 133 Å². The van der Waals surface area contributed by atoms with E-state index >= 15 is 0 Å². The number of aliphatic hydroxyl groups excluding tert-OH is 1. The molecule has 0 saturated carbocycles. The van der Waals surface area contributed by atoms with Crippen LogP contribution in [0.2, 0.25) is 0 Å². The van der Waals surface area contributed by atoms with Crippen molar-refractivity contribution in [2.24, 2.45) is 0 Å². The van der Waals surface area contributed by atoms with Crippen molar-refractivity contribution >= 4 is 13.7 Å². The molecule has 3 atom stereocenters. The van der Waals surface area contributed by atoms with Crippen LogP contribution in [0, 0.1) is 0 Å². The van der Waals surface area contributed by atoms with Crippen LogP contribution in [0.3, 0.4) is 0 Å². The minimum absolute atomic E-state index is 0.0495. The Labute approximate surface area is 283 Å². The first-order chi connectivity index (χ1) is 22.0. The Bertz CT molecular complexity index is 855. The summed E-state index contributed by atoms with van der Waals surface area (Å²) in [6, 6.07) is -0.868. The number of hydrogen-bond acceptors (Lipinski definition) is 5. The first-order valence-electron chi connectivity index (χ1n) is 18.3. The van der Waals surface area contributed by atoms with Crippen LogP contribution in [-0.4, -0.2) is 73.4 Å². The van der Waals surface area contributed by atoms with E-state index in [1.807, 2.05) is 27.2 Å². The molecule has 0 aromatic carbocycles. The molecule has 0 rings (SSSR count). The highest BCUT2D eigenvalue weighted by atomic mass is 31.2. The molecule has 8 nitrogen and oxygen atoms in total. The van der Waals surface area contributed by atoms with Gasteiger partial charge in [0.1, 0.15) is 13.2 Å². The predicted octanol–water partition coefficient (Wildman–Crippen LogP) is 9.18. The van der Waals surface area contributed by atoms with Crippen molar-refractivity contribution in [2.45, 2.75) is 154 Å². The Kier molecular flexibility index (Phi) is 29.0. The molecule has 3 unspecified atom stereocenters. The minimum Gasteiger partial charge on any atom is -0.387 e. The highest BCUT2D eigenvalue weighted by Gasteiger charge is 2.27. The standard InChI is InChI=1S/C37H71N2O6P/c1-6-7-8-9-10-11-12-13-14-15-16-17-18-19-20-21-22-23-24-25-26-27-28-29-30-31-37(41)36(38-35(2)40)34-45-46(42,43)44-33-32-39(3,4)5/h22-23,26-27,30-31,36-37,41H,6-21,24-25,28-29,32-34H2,1-5H3,(H-,38,40,42,43)/p+1/b23-22+,27-26+,31-30+. The van der Waals surface area contributed by atoms with Gasteiger partial charge < -0.3 is 19.8 Å². The van der Waals surface area contributed by atoms with Crippen molar-refractivity contribution in [1.29, 1.82) is 0 Å². The summed E-state index contributed by atoms with van der Waals surface area (Å²) in [6.07, 6.45) is 37.1. The average molecular weight is 672 g/mol. The van der Waals surface area contributed by atoms with E-state index in [0.29, 0.717) is 11.0 Å². The lowest BCUT2D eigenvalue weighted by Crippen LogP contribution is -2.44. The summed E-state index contributed by atoms with van der Waals surface area (Å²) in [5.74, 6) is -0.369. The molecule has 0 heterocycles. The van der Waals surface area contributed by atoms with Crippen molar-refractivity contribution in [3.05, 3.63) is 36.5 Å². The number of quaternary nitrogens is 1. The van der Waals surface area contributed by atoms with Crippen LogP contribution in [0.1, 0.15) is 142 Å². The maximum Gasteiger partial charge on any atom is 0.472 e. The molecular formula is C37H72N2O6P+. The number of allylic oxidation sites excluding steroid dienone is 5. The number of carbonyl (C=O) groups is 1. The molecule has 0 aliphatic heterocycles. The maximum absolute atomic E-state index is 12.2. The average Bonchev–Trinajstić information content (AvgIpc) is 2.98. The van der Waals surface area contributed by atoms with Gasteiger partial charge in [0.05, 0.1) is 39.9 Å². The monoisotopic (exact) mass is 672 g/mol. The maximum atomic E-state index is 12.2. The topological polar surface area (TPSA) is 105 Å². The first kappa shape index (κ1) is 44.7. The van der Waals surface area contributed by atoms with Gasteiger partial charge in [-0.05, 0) is 38.5 Å². The summed E-state index contributed by atoms with van der Waals surface area (Å²) in [5.41, 5.74) is 0. The Morgan fingerprint density at radius 1 is 0.717 bits per heavy atom. The van der Waals surface area contributed by atoms with Gasteiger partial charge in [0.15, 0.2) is 0 Å². The van der Waals surface area contributed by atoms with Crippen molar-refractivity contribution in [2.75, 3.05) is 40.9 Å². The van der Waals surface area contributed by atoms with Crippen LogP contribution in [0.25, 0.3) is 0 Å². The lowest BCUT2D eigenvalue weighted by molar-refractivity contribution is -0.870. The van der Waals surface area contributed by atoms with Crippen LogP contribution < -0.4 is 5.32 Å². The number of carbonyl (C=O) groups excluding carboxylic acids is 1. The number of hydrogen-bond donors (Lipinski definition) is 3. The van der Waals surface area contributed by atoms with Crippen LogP contribution in [0.15, 0.2) is 36.5 Å². The molecule has 0 aliphatic carbocycles. The molecule has 0 bridgehead atoms. The number of unbranched alkanes of at least 4 members (excludes halogenated alkanes) is 17. The SMILES string of the molecule is CCCCCCCCCCCCCCCCC/C=C/CC/C=C/CC/C=C/C(O)C(COP(=O)(O)OCC[N+](C)(C)C)NC(C)=O. The quantitative estimate of drug-likeness (QED) is 0.0285. The molecule has 46 heavy (non-hydrogen) atoms. The van der Waals surface area contributed by atoms with E-state index in [4.69, 9.17) is 9.05 Å². The second kappa shape index (κ2) is 29.8. The second-order valence-electron chi connectivity index (χ2n) is 13.7. The number of aliphatic hydroxyl groups is 1. The van der Waals surface area contributed by atoms with E-state index in [9.17, 15) is 19.4 Å². The fourth-order valence-electron chi connectivity index (χ4n) is 4.99. The van der Waals surface area contributed by atoms with Crippen LogP contribution in [0.5, 0.6) is 0 Å². The first-order valence-corrected chi connectivity index (χ1v) is 19.8. The van der Waals surface area contributed by atoms with Gasteiger partial charge in [-0.3, -0.25) is 13.8 Å². The highest BCUT2D eigenvalue weighted by molar-refractivity contribution is 7.47. The molecule has 0 aliphatic rings. The molecular weight excluding hydrogens is 599 g/mol. The molecule has 0 aromatic heterocycles. The highest BCUT2D eigenvalue weighted by Crippen LogP contribution is 2.43. The molecule has 270 valence electrons. The lowest BCUT2D eigenvalue weighted by Gasteiger charge is -2.25. The summed E-state index contributed by atoms with van der Waals surface area (Å²) < 4.78 is 22.8. The van der Waals surface area contributed by atoms with Gasteiger partial charge in [-0.2, -0.15) is 0 Å². The number of amides is 1. The lowest BCUT2D eigenvalue weighted by atomic mass is 10.0. The molecule has 0 saturated heterocycles. The van der Waals surface area contributed by atoms with Crippen LogP contribution >= 0.6 is 7.82 Å². The third kappa shape index (κ3) is 32.7. The number of nitrogens with zero attached hydrogens (tertiary/aromatic N) is 1. The van der Waals surface area contributed by atoms with E-state index in [1.165, 1.54) is 110 Å². The number of phosphoric ester groups is 1. The van der Waals surface area contributed by atoms with Gasteiger partial charge in [-0.15, -0.1) is 0 Å². The van der Waals surface area contributed by atoms with Gasteiger partial charge in [0.2, 0.25) is 5.91 Å². The van der Waals surface area contributed by atoms with Crippen LogP contribution in [0.4, 0.5) is 0 Å². The Balaban J connectivity index is 3.87. The summed E-state index contributed by atoms with van der Waals surface area (Å²) in [6.45, 7) is 3.83. The summed E-state index contributed by atoms with van der Waals surface area (Å²) in [5, 5.41) is 13.1. The number of nitrogens with one attached hydrogen (secondary N) is 1. The van der Waals surface area contributed by atoms with Gasteiger partial charge in [-0.25, -0.2) is 4.57 Å². The van der Waals surface area contributed by atoms with E-state index in [1.54, 1.807) is 6.08 Å². The smallest absolute Gasteiger partial charge is 0.387 e. The molecule has 1 amide bonds. The fourth-order valence-corrected chi connectivity index (χ4v) is 5.72. The number of likely N-dealkylation sites (N-methyl/N-ethyl adjacent to an activating group) is 1. The summed E-state index contributed by atoms with van der Waals surface area (Å²) >= 11 is 0. The van der Waals surface area contributed by atoms with E-state index < -0.39 is 20.0 Å². The number of phosphoric acid groups is 1. The molecule has 0 aromatic rings. The van der Waals surface area contributed by atoms with E-state index in [0.717, 1.165) is 25.7 Å². The zero-order valence-corrected chi connectivity index (χ0v) is 31.2. The molecule has 3 N–H and O–H groups in total.